The van der Waals surface area contributed by atoms with E-state index in [0.29, 0.717) is 19.0 Å². The molecule has 2 saturated heterocycles. The summed E-state index contributed by atoms with van der Waals surface area (Å²) in [5.74, 6) is 1.98. The van der Waals surface area contributed by atoms with Crippen molar-refractivity contribution in [3.8, 4) is 0 Å². The number of aromatic nitrogens is 3. The smallest absolute Gasteiger partial charge is 0.410 e. The minimum absolute atomic E-state index is 0.0677. The maximum Gasteiger partial charge on any atom is 0.410 e. The Kier molecular flexibility index (Phi) is 4.57. The molecule has 23 heavy (non-hydrogen) atoms. The van der Waals surface area contributed by atoms with Crippen molar-refractivity contribution < 1.29 is 14.3 Å². The Balaban J connectivity index is 1.53. The lowest BCUT2D eigenvalue weighted by molar-refractivity contribution is 0.0203. The first-order valence-corrected chi connectivity index (χ1v) is 8.44. The lowest BCUT2D eigenvalue weighted by Crippen LogP contribution is -2.41. The second-order valence-corrected chi connectivity index (χ2v) is 7.32. The molecular formula is C16H26N4O3. The monoisotopic (exact) mass is 322 g/mol. The van der Waals surface area contributed by atoms with Gasteiger partial charge >= 0.3 is 6.09 Å². The van der Waals surface area contributed by atoms with Gasteiger partial charge in [0.2, 0.25) is 0 Å². The van der Waals surface area contributed by atoms with Crippen LogP contribution in [0.2, 0.25) is 0 Å². The van der Waals surface area contributed by atoms with E-state index < -0.39 is 5.60 Å². The van der Waals surface area contributed by atoms with E-state index in [1.165, 1.54) is 0 Å². The minimum atomic E-state index is -0.451. The predicted octanol–water partition coefficient (Wildman–Crippen LogP) is 2.77. The first-order valence-electron chi connectivity index (χ1n) is 8.44. The number of likely N-dealkylation sites (tertiary alicyclic amines) is 1. The van der Waals surface area contributed by atoms with E-state index in [4.69, 9.17) is 9.47 Å². The molecule has 2 fully saturated rings. The van der Waals surface area contributed by atoms with Gasteiger partial charge in [0, 0.05) is 25.6 Å². The van der Waals surface area contributed by atoms with Gasteiger partial charge in [-0.2, -0.15) is 5.10 Å². The number of carbonyl (C=O) groups excluding carboxylic acids is 1. The highest BCUT2D eigenvalue weighted by molar-refractivity contribution is 5.68. The van der Waals surface area contributed by atoms with Crippen LogP contribution in [0.4, 0.5) is 4.79 Å². The molecule has 7 heteroatoms. The van der Waals surface area contributed by atoms with Gasteiger partial charge in [0.1, 0.15) is 11.7 Å². The SMILES string of the molecule is CC(C)(C)OC(=O)N1CCC(c2n[nH]c(C3CCCO3)n2)CC1. The number of hydrogen-bond donors (Lipinski definition) is 1. The molecule has 1 unspecified atom stereocenters. The van der Waals surface area contributed by atoms with Crippen LogP contribution >= 0.6 is 0 Å². The van der Waals surface area contributed by atoms with Crippen molar-refractivity contribution in [1.82, 2.24) is 20.1 Å². The van der Waals surface area contributed by atoms with Crippen LogP contribution in [-0.4, -0.2) is 51.5 Å². The first-order chi connectivity index (χ1) is 10.9. The fraction of sp³-hybridized carbons (Fsp3) is 0.812. The number of ether oxygens (including phenoxy) is 2. The average molecular weight is 322 g/mol. The van der Waals surface area contributed by atoms with Gasteiger partial charge in [-0.05, 0) is 46.5 Å². The van der Waals surface area contributed by atoms with Crippen LogP contribution in [-0.2, 0) is 9.47 Å². The zero-order valence-corrected chi connectivity index (χ0v) is 14.2. The molecule has 2 aliphatic heterocycles. The molecule has 7 nitrogen and oxygen atoms in total. The Bertz CT molecular complexity index is 538. The van der Waals surface area contributed by atoms with Crippen molar-refractivity contribution in [3.63, 3.8) is 0 Å². The van der Waals surface area contributed by atoms with Crippen LogP contribution in [0.25, 0.3) is 0 Å². The van der Waals surface area contributed by atoms with Crippen molar-refractivity contribution in [2.45, 2.75) is 64.1 Å². The van der Waals surface area contributed by atoms with Crippen LogP contribution in [0.3, 0.4) is 0 Å². The zero-order chi connectivity index (χ0) is 16.4. The summed E-state index contributed by atoms with van der Waals surface area (Å²) in [5, 5.41) is 7.38. The van der Waals surface area contributed by atoms with Crippen molar-refractivity contribution >= 4 is 6.09 Å². The number of H-pyrrole nitrogens is 1. The van der Waals surface area contributed by atoms with Crippen molar-refractivity contribution in [2.75, 3.05) is 19.7 Å². The molecule has 1 aromatic heterocycles. The number of rotatable bonds is 2. The molecule has 0 radical (unpaired) electrons. The molecule has 1 atom stereocenters. The number of amides is 1. The van der Waals surface area contributed by atoms with E-state index in [2.05, 4.69) is 15.2 Å². The normalized spacial score (nSPS) is 23.3. The standard InChI is InChI=1S/C16H26N4O3/c1-16(2,3)23-15(21)20-8-6-11(7-9-20)13-17-14(19-18-13)12-5-4-10-22-12/h11-12H,4-10H2,1-3H3,(H,17,18,19). The number of aromatic amines is 1. The van der Waals surface area contributed by atoms with Crippen LogP contribution in [0.15, 0.2) is 0 Å². The minimum Gasteiger partial charge on any atom is -0.444 e. The summed E-state index contributed by atoms with van der Waals surface area (Å²) in [6.45, 7) is 7.83. The number of carbonyl (C=O) groups is 1. The number of hydrogen-bond acceptors (Lipinski definition) is 5. The fourth-order valence-electron chi connectivity index (χ4n) is 3.05. The zero-order valence-electron chi connectivity index (χ0n) is 14.2. The first kappa shape index (κ1) is 16.2. The van der Waals surface area contributed by atoms with E-state index in [-0.39, 0.29) is 12.2 Å². The molecule has 0 spiro atoms. The lowest BCUT2D eigenvalue weighted by atomic mass is 9.96. The molecule has 2 aliphatic rings. The average Bonchev–Trinajstić information content (AvgIpc) is 3.17. The van der Waals surface area contributed by atoms with Gasteiger partial charge in [-0.15, -0.1) is 0 Å². The number of piperidine rings is 1. The summed E-state index contributed by atoms with van der Waals surface area (Å²) in [6.07, 6.45) is 3.65. The summed E-state index contributed by atoms with van der Waals surface area (Å²) in [6, 6.07) is 0. The van der Waals surface area contributed by atoms with Gasteiger partial charge in [-0.1, -0.05) is 0 Å². The molecule has 1 aromatic rings. The summed E-state index contributed by atoms with van der Waals surface area (Å²) in [7, 11) is 0. The molecule has 0 aromatic carbocycles. The van der Waals surface area contributed by atoms with Gasteiger partial charge in [0.05, 0.1) is 0 Å². The van der Waals surface area contributed by atoms with Crippen molar-refractivity contribution in [3.05, 3.63) is 11.6 Å². The largest absolute Gasteiger partial charge is 0.444 e. The highest BCUT2D eigenvalue weighted by Gasteiger charge is 2.30. The van der Waals surface area contributed by atoms with Crippen LogP contribution in [0.1, 0.15) is 70.1 Å². The summed E-state index contributed by atoms with van der Waals surface area (Å²) in [4.78, 5) is 18.5. The molecule has 1 amide bonds. The van der Waals surface area contributed by atoms with Gasteiger partial charge in [-0.25, -0.2) is 9.78 Å². The predicted molar refractivity (Wildman–Crippen MR) is 84.1 cm³/mol. The fourth-order valence-corrected chi connectivity index (χ4v) is 3.05. The van der Waals surface area contributed by atoms with Crippen LogP contribution in [0, 0.1) is 0 Å². The molecule has 3 rings (SSSR count). The van der Waals surface area contributed by atoms with E-state index in [9.17, 15) is 4.79 Å². The Hall–Kier alpha value is -1.63. The van der Waals surface area contributed by atoms with Crippen LogP contribution in [0.5, 0.6) is 0 Å². The van der Waals surface area contributed by atoms with Crippen LogP contribution < -0.4 is 0 Å². The van der Waals surface area contributed by atoms with E-state index >= 15 is 0 Å². The molecule has 0 bridgehead atoms. The quantitative estimate of drug-likeness (QED) is 0.905. The van der Waals surface area contributed by atoms with Crippen molar-refractivity contribution in [2.24, 2.45) is 0 Å². The van der Waals surface area contributed by atoms with Gasteiger partial charge < -0.3 is 14.4 Å². The Morgan fingerprint density at radius 3 is 2.65 bits per heavy atom. The van der Waals surface area contributed by atoms with E-state index in [1.54, 1.807) is 4.90 Å². The molecule has 128 valence electrons. The number of nitrogens with zero attached hydrogens (tertiary/aromatic N) is 3. The Morgan fingerprint density at radius 1 is 1.30 bits per heavy atom. The van der Waals surface area contributed by atoms with E-state index in [0.717, 1.165) is 43.9 Å². The van der Waals surface area contributed by atoms with Gasteiger partial charge in [0.25, 0.3) is 0 Å². The Morgan fingerprint density at radius 2 is 2.04 bits per heavy atom. The topological polar surface area (TPSA) is 80.3 Å². The summed E-state index contributed by atoms with van der Waals surface area (Å²) >= 11 is 0. The maximum atomic E-state index is 12.1. The third-order valence-electron chi connectivity index (χ3n) is 4.27. The third-order valence-corrected chi connectivity index (χ3v) is 4.27. The van der Waals surface area contributed by atoms with Crippen molar-refractivity contribution in [1.29, 1.82) is 0 Å². The van der Waals surface area contributed by atoms with Gasteiger partial charge in [0.15, 0.2) is 11.6 Å². The molecule has 0 aliphatic carbocycles. The molecule has 3 heterocycles. The van der Waals surface area contributed by atoms with Gasteiger partial charge in [-0.3, -0.25) is 5.10 Å². The second-order valence-electron chi connectivity index (χ2n) is 7.32. The molecule has 0 saturated carbocycles. The summed E-state index contributed by atoms with van der Waals surface area (Å²) < 4.78 is 11.1. The Labute approximate surface area is 136 Å². The summed E-state index contributed by atoms with van der Waals surface area (Å²) in [5.41, 5.74) is -0.451. The molecular weight excluding hydrogens is 296 g/mol. The molecule has 1 N–H and O–H groups in total. The highest BCUT2D eigenvalue weighted by Crippen LogP contribution is 2.30. The van der Waals surface area contributed by atoms with E-state index in [1.807, 2.05) is 20.8 Å². The number of nitrogens with one attached hydrogen (secondary N) is 1. The highest BCUT2D eigenvalue weighted by atomic mass is 16.6. The second kappa shape index (κ2) is 6.47. The lowest BCUT2D eigenvalue weighted by Gasteiger charge is -2.32. The third kappa shape index (κ3) is 4.02. The maximum absolute atomic E-state index is 12.1.